The van der Waals surface area contributed by atoms with Crippen LogP contribution in [0.15, 0.2) is 0 Å². The largest absolute Gasteiger partial charge is 0.472 e. The van der Waals surface area contributed by atoms with Gasteiger partial charge in [0.05, 0.1) is 39.9 Å². The molecule has 0 spiro atoms. The van der Waals surface area contributed by atoms with Crippen molar-refractivity contribution >= 4 is 13.7 Å². The molecular formula is C69H142N2O6P+. The molecule has 0 rings (SSSR count). The first-order valence-corrected chi connectivity index (χ1v) is 36.9. The lowest BCUT2D eigenvalue weighted by Gasteiger charge is -2.26. The van der Waals surface area contributed by atoms with Crippen molar-refractivity contribution in [1.29, 1.82) is 0 Å². The van der Waals surface area contributed by atoms with Crippen molar-refractivity contribution in [2.75, 3.05) is 40.9 Å². The number of carbonyl (C=O) groups excluding carboxylic acids is 1. The molecule has 0 radical (unpaired) electrons. The minimum Gasteiger partial charge on any atom is -0.391 e. The standard InChI is InChI=1S/C69H141N2O6P/c1-6-8-10-12-14-16-18-20-22-24-26-28-30-32-34-35-37-38-40-42-44-46-48-50-52-54-56-58-60-62-68(72)67(66-77-78(74,75)76-65-64-71(3,4)5)70-69(73)63-61-59-57-55-53-51-49-47-45-43-41-39-36-33-31-29-27-25-23-21-19-17-15-13-11-9-7-2/h67-68,72H,6-66H2,1-5H3,(H-,70,73,74,75)/p+1. The van der Waals surface area contributed by atoms with Gasteiger partial charge in [-0.1, -0.05) is 367 Å². The zero-order chi connectivity index (χ0) is 57.0. The summed E-state index contributed by atoms with van der Waals surface area (Å²) in [6.07, 6.45) is 76.4. The summed E-state index contributed by atoms with van der Waals surface area (Å²) in [6, 6.07) is -0.757. The second kappa shape index (κ2) is 61.1. The van der Waals surface area contributed by atoms with E-state index in [1.165, 1.54) is 321 Å². The normalized spacial score (nSPS) is 13.6. The monoisotopic (exact) mass is 1130 g/mol. The molecule has 0 aliphatic heterocycles. The Morgan fingerprint density at radius 2 is 0.615 bits per heavy atom. The predicted octanol–water partition coefficient (Wildman–Crippen LogP) is 22.3. The molecule has 0 saturated heterocycles. The average molecular weight is 1130 g/mol. The number of phosphoric acid groups is 1. The van der Waals surface area contributed by atoms with Gasteiger partial charge in [0.15, 0.2) is 0 Å². The van der Waals surface area contributed by atoms with Gasteiger partial charge in [0, 0.05) is 6.42 Å². The second-order valence-electron chi connectivity index (χ2n) is 26.0. The Morgan fingerprint density at radius 1 is 0.385 bits per heavy atom. The van der Waals surface area contributed by atoms with Gasteiger partial charge in [-0.3, -0.25) is 13.8 Å². The number of nitrogens with one attached hydrogen (secondary N) is 1. The van der Waals surface area contributed by atoms with Gasteiger partial charge in [-0.2, -0.15) is 0 Å². The Kier molecular flexibility index (Phi) is 60.7. The van der Waals surface area contributed by atoms with Crippen molar-refractivity contribution in [1.82, 2.24) is 5.32 Å². The molecule has 0 aliphatic carbocycles. The molecule has 3 N–H and O–H groups in total. The molecule has 8 nitrogen and oxygen atoms in total. The summed E-state index contributed by atoms with van der Waals surface area (Å²) >= 11 is 0. The van der Waals surface area contributed by atoms with Gasteiger partial charge >= 0.3 is 7.82 Å². The zero-order valence-electron chi connectivity index (χ0n) is 53.7. The third-order valence-corrected chi connectivity index (χ3v) is 17.8. The summed E-state index contributed by atoms with van der Waals surface area (Å²) < 4.78 is 23.9. The van der Waals surface area contributed by atoms with Crippen LogP contribution in [-0.2, 0) is 18.4 Å². The van der Waals surface area contributed by atoms with Crippen LogP contribution in [0, 0.1) is 0 Å². The molecule has 9 heteroatoms. The average Bonchev–Trinajstić information content (AvgIpc) is 3.41. The smallest absolute Gasteiger partial charge is 0.391 e. The zero-order valence-corrected chi connectivity index (χ0v) is 54.6. The number of nitrogens with zero attached hydrogens (tertiary/aromatic N) is 1. The number of likely N-dealkylation sites (N-methyl/N-ethyl adjacent to an activating group) is 1. The SMILES string of the molecule is CCCCCCCCCCCCCCCCCCCCCCCCCCCCCCCC(O)C(COP(=O)(O)OCC[N+](C)(C)C)NC(=O)CCCCCCCCCCCCCCCCCCCCCCCCCCCCC. The molecule has 0 saturated carbocycles. The van der Waals surface area contributed by atoms with E-state index in [1.807, 2.05) is 21.1 Å². The highest BCUT2D eigenvalue weighted by atomic mass is 31.2. The Morgan fingerprint density at radius 3 is 0.859 bits per heavy atom. The van der Waals surface area contributed by atoms with Crippen molar-refractivity contribution in [2.45, 2.75) is 398 Å². The van der Waals surface area contributed by atoms with E-state index in [0.717, 1.165) is 38.5 Å². The van der Waals surface area contributed by atoms with Crippen LogP contribution in [0.1, 0.15) is 386 Å². The van der Waals surface area contributed by atoms with Gasteiger partial charge in [0.25, 0.3) is 0 Å². The van der Waals surface area contributed by atoms with Crippen molar-refractivity contribution in [3.63, 3.8) is 0 Å². The van der Waals surface area contributed by atoms with E-state index in [0.29, 0.717) is 23.9 Å². The number of phosphoric ester groups is 1. The Labute approximate surface area is 489 Å². The molecule has 3 unspecified atom stereocenters. The molecule has 3 atom stereocenters. The molecule has 0 aliphatic rings. The summed E-state index contributed by atoms with van der Waals surface area (Å²) in [5, 5.41) is 14.2. The highest BCUT2D eigenvalue weighted by Crippen LogP contribution is 2.43. The van der Waals surface area contributed by atoms with Crippen molar-refractivity contribution < 1.29 is 32.9 Å². The first-order chi connectivity index (χ1) is 38.0. The van der Waals surface area contributed by atoms with E-state index in [1.54, 1.807) is 0 Å². The van der Waals surface area contributed by atoms with Crippen LogP contribution in [0.5, 0.6) is 0 Å². The highest BCUT2D eigenvalue weighted by Gasteiger charge is 2.28. The van der Waals surface area contributed by atoms with E-state index < -0.39 is 20.0 Å². The maximum absolute atomic E-state index is 13.1. The maximum atomic E-state index is 13.1. The minimum absolute atomic E-state index is 0.0795. The van der Waals surface area contributed by atoms with Crippen LogP contribution in [0.2, 0.25) is 0 Å². The number of aliphatic hydroxyl groups is 1. The molecular weight excluding hydrogens is 984 g/mol. The van der Waals surface area contributed by atoms with Gasteiger partial charge in [-0.25, -0.2) is 4.57 Å². The summed E-state index contributed by atoms with van der Waals surface area (Å²) in [5.74, 6) is -0.133. The first-order valence-electron chi connectivity index (χ1n) is 35.4. The van der Waals surface area contributed by atoms with E-state index in [-0.39, 0.29) is 19.1 Å². The number of unbranched alkanes of at least 4 members (excludes halogenated alkanes) is 54. The Bertz CT molecular complexity index is 1230. The van der Waals surface area contributed by atoms with Crippen molar-refractivity contribution in [3.8, 4) is 0 Å². The third-order valence-electron chi connectivity index (χ3n) is 16.9. The number of carbonyl (C=O) groups is 1. The molecule has 0 heterocycles. The summed E-state index contributed by atoms with van der Waals surface area (Å²) in [7, 11) is 1.64. The number of quaternary nitrogens is 1. The van der Waals surface area contributed by atoms with Gasteiger partial charge in [-0.15, -0.1) is 0 Å². The Hall–Kier alpha value is -0.500. The van der Waals surface area contributed by atoms with Crippen LogP contribution in [0.25, 0.3) is 0 Å². The molecule has 0 fully saturated rings. The van der Waals surface area contributed by atoms with Crippen LogP contribution in [-0.4, -0.2) is 73.4 Å². The Balaban J connectivity index is 3.98. The topological polar surface area (TPSA) is 105 Å². The van der Waals surface area contributed by atoms with Crippen LogP contribution < -0.4 is 5.32 Å². The fraction of sp³-hybridized carbons (Fsp3) is 0.986. The van der Waals surface area contributed by atoms with Gasteiger partial charge in [-0.05, 0) is 12.8 Å². The quantitative estimate of drug-likeness (QED) is 0.0318. The van der Waals surface area contributed by atoms with Gasteiger partial charge in [0.1, 0.15) is 13.2 Å². The van der Waals surface area contributed by atoms with Gasteiger partial charge in [0.2, 0.25) is 5.91 Å². The molecule has 0 bridgehead atoms. The molecule has 0 aromatic heterocycles. The molecule has 78 heavy (non-hydrogen) atoms. The molecule has 0 aromatic rings. The molecule has 468 valence electrons. The molecule has 1 amide bonds. The number of hydrogen-bond acceptors (Lipinski definition) is 5. The second-order valence-corrected chi connectivity index (χ2v) is 27.4. The lowest BCUT2D eigenvalue weighted by atomic mass is 10.0. The fourth-order valence-corrected chi connectivity index (χ4v) is 12.1. The van der Waals surface area contributed by atoms with Crippen LogP contribution in [0.3, 0.4) is 0 Å². The van der Waals surface area contributed by atoms with Crippen molar-refractivity contribution in [2.24, 2.45) is 0 Å². The number of rotatable bonds is 67. The third kappa shape index (κ3) is 63.1. The number of aliphatic hydroxyl groups excluding tert-OH is 1. The predicted molar refractivity (Wildman–Crippen MR) is 342 cm³/mol. The van der Waals surface area contributed by atoms with Crippen molar-refractivity contribution in [3.05, 3.63) is 0 Å². The summed E-state index contributed by atoms with van der Waals surface area (Å²) in [5.41, 5.74) is 0. The lowest BCUT2D eigenvalue weighted by molar-refractivity contribution is -0.870. The number of amides is 1. The van der Waals surface area contributed by atoms with E-state index >= 15 is 0 Å². The number of hydrogen-bond donors (Lipinski definition) is 3. The van der Waals surface area contributed by atoms with E-state index in [9.17, 15) is 19.4 Å². The summed E-state index contributed by atoms with van der Waals surface area (Å²) in [6.45, 7) is 4.97. The van der Waals surface area contributed by atoms with Crippen LogP contribution in [0.4, 0.5) is 0 Å². The lowest BCUT2D eigenvalue weighted by Crippen LogP contribution is -2.46. The maximum Gasteiger partial charge on any atom is 0.472 e. The molecule has 0 aromatic carbocycles. The highest BCUT2D eigenvalue weighted by molar-refractivity contribution is 7.47. The van der Waals surface area contributed by atoms with Crippen LogP contribution >= 0.6 is 7.82 Å². The summed E-state index contributed by atoms with van der Waals surface area (Å²) in [4.78, 5) is 23.5. The minimum atomic E-state index is -4.33. The van der Waals surface area contributed by atoms with Gasteiger partial charge < -0.3 is 19.8 Å². The van der Waals surface area contributed by atoms with E-state index in [4.69, 9.17) is 9.05 Å². The van der Waals surface area contributed by atoms with E-state index in [2.05, 4.69) is 19.2 Å². The first kappa shape index (κ1) is 77.5. The fourth-order valence-electron chi connectivity index (χ4n) is 11.3.